The Labute approximate surface area is 149 Å². The monoisotopic (exact) mass is 416 g/mol. The summed E-state index contributed by atoms with van der Waals surface area (Å²) in [4.78, 5) is 18.0. The highest BCUT2D eigenvalue weighted by molar-refractivity contribution is 14.0. The third kappa shape index (κ3) is 5.82. The molecule has 0 unspecified atom stereocenters. The van der Waals surface area contributed by atoms with E-state index < -0.39 is 0 Å². The number of aryl methyl sites for hydroxylation is 1. The van der Waals surface area contributed by atoms with Gasteiger partial charge in [0.1, 0.15) is 0 Å². The molecule has 1 saturated heterocycles. The Hall–Kier alpha value is -1.31. The van der Waals surface area contributed by atoms with E-state index >= 15 is 0 Å². The van der Waals surface area contributed by atoms with Gasteiger partial charge in [-0.2, -0.15) is 0 Å². The molecule has 0 aromatic heterocycles. The molecule has 1 fully saturated rings. The summed E-state index contributed by atoms with van der Waals surface area (Å²) in [6, 6.07) is 8.08. The predicted octanol–water partition coefficient (Wildman–Crippen LogP) is 2.61. The standard InChI is InChI=1S/C16H24N4O.HI/c1-2-13-6-5-7-14(12-13)19-16(17)18-9-8-15(21)20-10-3-4-11-20;/h5-7,12H,2-4,8-11H2,1H3,(H3,17,18,19);1H. The van der Waals surface area contributed by atoms with Gasteiger partial charge in [-0.05, 0) is 37.0 Å². The second-order valence-corrected chi connectivity index (χ2v) is 5.28. The van der Waals surface area contributed by atoms with Crippen molar-refractivity contribution in [3.8, 4) is 0 Å². The van der Waals surface area contributed by atoms with Gasteiger partial charge in [-0.25, -0.2) is 0 Å². The number of nitrogens with zero attached hydrogens (tertiary/aromatic N) is 2. The first-order valence-corrected chi connectivity index (χ1v) is 7.62. The Bertz CT molecular complexity index is 513. The molecule has 0 spiro atoms. The van der Waals surface area contributed by atoms with Gasteiger partial charge in [0, 0.05) is 25.2 Å². The molecule has 1 heterocycles. The fraction of sp³-hybridized carbons (Fsp3) is 0.500. The number of hydrogen-bond donors (Lipinski definition) is 2. The predicted molar refractivity (Wildman–Crippen MR) is 102 cm³/mol. The molecule has 1 aromatic rings. The summed E-state index contributed by atoms with van der Waals surface area (Å²) in [6.45, 7) is 4.32. The van der Waals surface area contributed by atoms with Gasteiger partial charge in [0.15, 0.2) is 5.96 Å². The zero-order valence-corrected chi connectivity index (χ0v) is 15.4. The topological polar surface area (TPSA) is 70.7 Å². The van der Waals surface area contributed by atoms with E-state index in [1.807, 2.05) is 17.0 Å². The average molecular weight is 416 g/mol. The molecule has 2 rings (SSSR count). The molecule has 0 radical (unpaired) electrons. The first-order chi connectivity index (χ1) is 10.2. The maximum atomic E-state index is 11.9. The van der Waals surface area contributed by atoms with E-state index in [0.717, 1.165) is 38.0 Å². The van der Waals surface area contributed by atoms with Crippen LogP contribution in [0.3, 0.4) is 0 Å². The number of nitrogens with two attached hydrogens (primary N) is 1. The molecule has 3 N–H and O–H groups in total. The highest BCUT2D eigenvalue weighted by Gasteiger charge is 2.16. The Morgan fingerprint density at radius 3 is 2.77 bits per heavy atom. The van der Waals surface area contributed by atoms with E-state index in [-0.39, 0.29) is 29.9 Å². The van der Waals surface area contributed by atoms with E-state index in [9.17, 15) is 4.79 Å². The van der Waals surface area contributed by atoms with Gasteiger partial charge in [-0.3, -0.25) is 9.79 Å². The number of aliphatic imine (C=N–C) groups is 1. The normalized spacial score (nSPS) is 14.6. The maximum Gasteiger partial charge on any atom is 0.224 e. The average Bonchev–Trinajstić information content (AvgIpc) is 3.01. The van der Waals surface area contributed by atoms with Crippen LogP contribution < -0.4 is 11.1 Å². The van der Waals surface area contributed by atoms with Crippen LogP contribution in [0.15, 0.2) is 29.3 Å². The van der Waals surface area contributed by atoms with E-state index in [0.29, 0.717) is 18.9 Å². The lowest BCUT2D eigenvalue weighted by molar-refractivity contribution is -0.129. The van der Waals surface area contributed by atoms with Crippen molar-refractivity contribution in [1.29, 1.82) is 0 Å². The van der Waals surface area contributed by atoms with E-state index in [2.05, 4.69) is 29.4 Å². The Kier molecular flexibility index (Phi) is 8.22. The number of guanidine groups is 1. The zero-order valence-electron chi connectivity index (χ0n) is 13.0. The van der Waals surface area contributed by atoms with E-state index in [1.54, 1.807) is 0 Å². The number of benzene rings is 1. The second kappa shape index (κ2) is 9.66. The van der Waals surface area contributed by atoms with Gasteiger partial charge in [0.25, 0.3) is 0 Å². The lowest BCUT2D eigenvalue weighted by Crippen LogP contribution is -2.28. The van der Waals surface area contributed by atoms with Crippen LogP contribution in [0.25, 0.3) is 0 Å². The molecule has 6 heteroatoms. The van der Waals surface area contributed by atoms with Crippen LogP contribution in [0, 0.1) is 0 Å². The van der Waals surface area contributed by atoms with Crippen LogP contribution in [0.1, 0.15) is 31.7 Å². The summed E-state index contributed by atoms with van der Waals surface area (Å²) < 4.78 is 0. The number of carbonyl (C=O) groups is 1. The van der Waals surface area contributed by atoms with Crippen molar-refractivity contribution in [1.82, 2.24) is 4.90 Å². The largest absolute Gasteiger partial charge is 0.370 e. The van der Waals surface area contributed by atoms with E-state index in [4.69, 9.17) is 5.73 Å². The first-order valence-electron chi connectivity index (χ1n) is 7.62. The number of amides is 1. The van der Waals surface area contributed by atoms with Crippen LogP contribution in [-0.4, -0.2) is 36.4 Å². The quantitative estimate of drug-likeness (QED) is 0.441. The zero-order chi connectivity index (χ0) is 15.1. The Morgan fingerprint density at radius 1 is 1.36 bits per heavy atom. The second-order valence-electron chi connectivity index (χ2n) is 5.28. The van der Waals surface area contributed by atoms with Gasteiger partial charge in [0.2, 0.25) is 5.91 Å². The fourth-order valence-corrected chi connectivity index (χ4v) is 2.45. The van der Waals surface area contributed by atoms with Crippen molar-refractivity contribution < 1.29 is 4.79 Å². The highest BCUT2D eigenvalue weighted by Crippen LogP contribution is 2.11. The first kappa shape index (κ1) is 18.7. The smallest absolute Gasteiger partial charge is 0.224 e. The third-order valence-electron chi connectivity index (χ3n) is 3.67. The van der Waals surface area contributed by atoms with Gasteiger partial charge >= 0.3 is 0 Å². The Balaban J connectivity index is 0.00000242. The molecule has 22 heavy (non-hydrogen) atoms. The van der Waals surface area contributed by atoms with Crippen molar-refractivity contribution in [3.05, 3.63) is 29.8 Å². The van der Waals surface area contributed by atoms with Crippen molar-refractivity contribution in [3.63, 3.8) is 0 Å². The summed E-state index contributed by atoms with van der Waals surface area (Å²) in [5, 5.41) is 3.06. The molecule has 0 aliphatic carbocycles. The van der Waals surface area contributed by atoms with Gasteiger partial charge in [0.05, 0.1) is 6.54 Å². The number of rotatable bonds is 5. The van der Waals surface area contributed by atoms with Crippen LogP contribution in [0.4, 0.5) is 5.69 Å². The van der Waals surface area contributed by atoms with Gasteiger partial charge in [-0.15, -0.1) is 24.0 Å². The number of carbonyl (C=O) groups excluding carboxylic acids is 1. The molecule has 0 atom stereocenters. The number of anilines is 1. The molecule has 1 amide bonds. The van der Waals surface area contributed by atoms with Crippen LogP contribution in [0.2, 0.25) is 0 Å². The molecule has 1 aliphatic heterocycles. The van der Waals surface area contributed by atoms with Crippen molar-refractivity contribution in [2.45, 2.75) is 32.6 Å². The minimum atomic E-state index is 0. The molecule has 0 saturated carbocycles. The molecule has 1 aromatic carbocycles. The van der Waals surface area contributed by atoms with Crippen molar-refractivity contribution in [2.75, 3.05) is 25.0 Å². The summed E-state index contributed by atoms with van der Waals surface area (Å²) in [6.07, 6.45) is 3.65. The molecule has 5 nitrogen and oxygen atoms in total. The van der Waals surface area contributed by atoms with Gasteiger partial charge in [-0.1, -0.05) is 19.1 Å². The van der Waals surface area contributed by atoms with E-state index in [1.165, 1.54) is 5.56 Å². The van der Waals surface area contributed by atoms with Crippen molar-refractivity contribution in [2.24, 2.45) is 10.7 Å². The summed E-state index contributed by atoms with van der Waals surface area (Å²) in [5.74, 6) is 0.537. The summed E-state index contributed by atoms with van der Waals surface area (Å²) in [5.41, 5.74) is 8.03. The summed E-state index contributed by atoms with van der Waals surface area (Å²) >= 11 is 0. The molecule has 1 aliphatic rings. The lowest BCUT2D eigenvalue weighted by atomic mass is 10.1. The number of likely N-dealkylation sites (tertiary alicyclic amines) is 1. The van der Waals surface area contributed by atoms with Crippen LogP contribution in [0.5, 0.6) is 0 Å². The third-order valence-corrected chi connectivity index (χ3v) is 3.67. The fourth-order valence-electron chi connectivity index (χ4n) is 2.45. The molecular weight excluding hydrogens is 391 g/mol. The highest BCUT2D eigenvalue weighted by atomic mass is 127. The number of halogens is 1. The van der Waals surface area contributed by atoms with Crippen molar-refractivity contribution >= 4 is 41.5 Å². The Morgan fingerprint density at radius 2 is 2.09 bits per heavy atom. The minimum Gasteiger partial charge on any atom is -0.370 e. The molecule has 122 valence electrons. The minimum absolute atomic E-state index is 0. The number of hydrogen-bond acceptors (Lipinski definition) is 2. The molecular formula is C16H25IN4O. The molecule has 0 bridgehead atoms. The number of nitrogens with one attached hydrogen (secondary N) is 1. The maximum absolute atomic E-state index is 11.9. The SMILES string of the molecule is CCc1cccc(NC(N)=NCCC(=O)N2CCCC2)c1.I. The van der Waals surface area contributed by atoms with Crippen LogP contribution >= 0.6 is 24.0 Å². The summed E-state index contributed by atoms with van der Waals surface area (Å²) in [7, 11) is 0. The van der Waals surface area contributed by atoms with Gasteiger partial charge < -0.3 is 16.0 Å². The lowest BCUT2D eigenvalue weighted by Gasteiger charge is -2.14. The van der Waals surface area contributed by atoms with Crippen LogP contribution in [-0.2, 0) is 11.2 Å².